The highest BCUT2D eigenvalue weighted by Gasteiger charge is 2.50. The number of hydrogen-bond acceptors (Lipinski definition) is 5. The molecule has 6 nitrogen and oxygen atoms in total. The molecule has 0 spiro atoms. The fourth-order valence-electron chi connectivity index (χ4n) is 4.20. The third-order valence-corrected chi connectivity index (χ3v) is 6.29. The van der Waals surface area contributed by atoms with E-state index in [1.807, 2.05) is 37.3 Å². The van der Waals surface area contributed by atoms with E-state index in [0.717, 1.165) is 28.6 Å². The van der Waals surface area contributed by atoms with Crippen LogP contribution in [0.15, 0.2) is 48.8 Å². The average Bonchev–Trinajstić information content (AvgIpc) is 3.60. The first-order chi connectivity index (χ1) is 16.1. The van der Waals surface area contributed by atoms with Crippen molar-refractivity contribution in [3.05, 3.63) is 88.3 Å². The van der Waals surface area contributed by atoms with Crippen LogP contribution in [0.1, 0.15) is 65.3 Å². The zero-order valence-corrected chi connectivity index (χ0v) is 18.8. The summed E-state index contributed by atoms with van der Waals surface area (Å²) in [4.78, 5) is 24.5. The molecule has 1 unspecified atom stereocenters. The first-order valence-electron chi connectivity index (χ1n) is 11.1. The second-order valence-electron chi connectivity index (χ2n) is 8.80. The number of halogens is 3. The number of amides is 1. The van der Waals surface area contributed by atoms with Gasteiger partial charge in [0.15, 0.2) is 0 Å². The average molecular weight is 470 g/mol. The summed E-state index contributed by atoms with van der Waals surface area (Å²) < 4.78 is 41.0. The number of carbonyl (C=O) groups is 1. The number of primary amides is 1. The Balaban J connectivity index is 1.59. The number of aromatic nitrogens is 3. The van der Waals surface area contributed by atoms with E-state index in [0.29, 0.717) is 19.3 Å². The largest absolute Gasteiger partial charge is 0.419 e. The molecule has 0 saturated heterocycles. The van der Waals surface area contributed by atoms with Gasteiger partial charge in [0.25, 0.3) is 0 Å². The van der Waals surface area contributed by atoms with Crippen molar-refractivity contribution in [2.45, 2.75) is 56.7 Å². The highest BCUT2D eigenvalue weighted by molar-refractivity contribution is 5.90. The lowest BCUT2D eigenvalue weighted by Crippen LogP contribution is -2.29. The van der Waals surface area contributed by atoms with Crippen LogP contribution >= 0.6 is 0 Å². The van der Waals surface area contributed by atoms with Gasteiger partial charge in [-0.1, -0.05) is 30.3 Å². The van der Waals surface area contributed by atoms with Crippen LogP contribution in [-0.4, -0.2) is 20.9 Å². The van der Waals surface area contributed by atoms with Gasteiger partial charge in [0.1, 0.15) is 5.82 Å². The first-order valence-corrected chi connectivity index (χ1v) is 11.1. The minimum atomic E-state index is -4.57. The fraction of sp³-hybridized carbons (Fsp3) is 0.360. The quantitative estimate of drug-likeness (QED) is 0.522. The Hall–Kier alpha value is -3.33. The van der Waals surface area contributed by atoms with Gasteiger partial charge in [-0.2, -0.15) is 13.2 Å². The highest BCUT2D eigenvalue weighted by atomic mass is 19.4. The molecule has 0 radical (unpaired) electrons. The predicted molar refractivity (Wildman–Crippen MR) is 121 cm³/mol. The maximum atomic E-state index is 13.7. The second kappa shape index (κ2) is 9.13. The van der Waals surface area contributed by atoms with E-state index in [9.17, 15) is 18.0 Å². The van der Waals surface area contributed by atoms with Gasteiger partial charge in [-0.25, -0.2) is 9.97 Å². The predicted octanol–water partition coefficient (Wildman–Crippen LogP) is 3.80. The molecule has 4 N–H and O–H groups in total. The van der Waals surface area contributed by atoms with Crippen molar-refractivity contribution in [1.29, 1.82) is 0 Å². The smallest absolute Gasteiger partial charge is 0.369 e. The maximum Gasteiger partial charge on any atom is 0.419 e. The van der Waals surface area contributed by atoms with E-state index >= 15 is 0 Å². The van der Waals surface area contributed by atoms with E-state index in [4.69, 9.17) is 11.5 Å². The summed E-state index contributed by atoms with van der Waals surface area (Å²) in [7, 11) is 0. The summed E-state index contributed by atoms with van der Waals surface area (Å²) in [6.45, 7) is 1.82. The van der Waals surface area contributed by atoms with E-state index in [1.165, 1.54) is 0 Å². The van der Waals surface area contributed by atoms with Gasteiger partial charge in [0.05, 0.1) is 22.4 Å². The molecule has 0 bridgehead atoms. The first kappa shape index (κ1) is 23.8. The molecule has 1 amide bonds. The number of aryl methyl sites for hydroxylation is 2. The number of alkyl halides is 3. The van der Waals surface area contributed by atoms with E-state index in [2.05, 4.69) is 15.0 Å². The summed E-state index contributed by atoms with van der Waals surface area (Å²) in [6, 6.07) is 10.7. The van der Waals surface area contributed by atoms with Gasteiger partial charge in [0.2, 0.25) is 5.91 Å². The lowest BCUT2D eigenvalue weighted by Gasteiger charge is -2.17. The molecule has 1 fully saturated rings. The normalized spacial score (nSPS) is 15.7. The Kier molecular flexibility index (Phi) is 6.40. The molecule has 1 aromatic carbocycles. The zero-order chi connectivity index (χ0) is 24.5. The molecule has 1 atom stereocenters. The Morgan fingerprint density at radius 2 is 1.82 bits per heavy atom. The van der Waals surface area contributed by atoms with Crippen LogP contribution in [0.3, 0.4) is 0 Å². The molecule has 34 heavy (non-hydrogen) atoms. The minimum Gasteiger partial charge on any atom is -0.369 e. The van der Waals surface area contributed by atoms with E-state index in [1.54, 1.807) is 12.3 Å². The van der Waals surface area contributed by atoms with Gasteiger partial charge < -0.3 is 11.5 Å². The molecule has 0 aliphatic heterocycles. The van der Waals surface area contributed by atoms with Crippen molar-refractivity contribution in [1.82, 2.24) is 15.0 Å². The molecule has 1 saturated carbocycles. The molecule has 1 aliphatic rings. The summed E-state index contributed by atoms with van der Waals surface area (Å²) in [6.07, 6.45) is -0.181. The fourth-order valence-corrected chi connectivity index (χ4v) is 4.20. The highest BCUT2D eigenvalue weighted by Crippen LogP contribution is 2.49. The van der Waals surface area contributed by atoms with Crippen LogP contribution in [0, 0.1) is 0 Å². The number of rotatable bonds is 8. The number of nitrogens with zero attached hydrogens (tertiary/aromatic N) is 3. The van der Waals surface area contributed by atoms with Gasteiger partial charge >= 0.3 is 6.18 Å². The summed E-state index contributed by atoms with van der Waals surface area (Å²) in [5.74, 6) is -0.119. The lowest BCUT2D eigenvalue weighted by atomic mass is 9.88. The van der Waals surface area contributed by atoms with Gasteiger partial charge in [-0.15, -0.1) is 0 Å². The van der Waals surface area contributed by atoms with Crippen molar-refractivity contribution in [2.24, 2.45) is 11.5 Å². The molecular weight excluding hydrogens is 443 g/mol. The van der Waals surface area contributed by atoms with Crippen molar-refractivity contribution in [2.75, 3.05) is 0 Å². The van der Waals surface area contributed by atoms with Crippen molar-refractivity contribution in [3.8, 4) is 0 Å². The number of nitrogens with two attached hydrogens (primary N) is 2. The third kappa shape index (κ3) is 4.94. The molecule has 2 heterocycles. The van der Waals surface area contributed by atoms with Crippen LogP contribution in [-0.2, 0) is 35.6 Å². The molecule has 178 valence electrons. The topological polar surface area (TPSA) is 108 Å². The summed E-state index contributed by atoms with van der Waals surface area (Å²) in [5.41, 5.74) is 12.9. The Labute approximate surface area is 195 Å². The van der Waals surface area contributed by atoms with E-state index in [-0.39, 0.29) is 30.4 Å². The van der Waals surface area contributed by atoms with Crippen molar-refractivity contribution < 1.29 is 18.0 Å². The molecule has 3 aromatic rings. The number of carbonyl (C=O) groups excluding carboxylic acids is 1. The molecular formula is C25H26F3N5O. The standard InChI is InChI=1S/C25H26F3N5O/c1-15(29)20-8-6-16(13-31-20)12-22-32-14-19(25(26,27)28)21(33-22)9-7-17-4-2-3-5-18(17)24(10-11-24)23(30)34/h2-6,8,13-15H,7,9-12,29H2,1H3,(H2,30,34). The Morgan fingerprint density at radius 3 is 2.41 bits per heavy atom. The summed E-state index contributed by atoms with van der Waals surface area (Å²) >= 11 is 0. The van der Waals surface area contributed by atoms with Crippen LogP contribution in [0.5, 0.6) is 0 Å². The van der Waals surface area contributed by atoms with Gasteiger partial charge in [-0.05, 0) is 55.4 Å². The van der Waals surface area contributed by atoms with Crippen molar-refractivity contribution in [3.63, 3.8) is 0 Å². The SMILES string of the molecule is CC(N)c1ccc(Cc2ncc(C(F)(F)F)c(CCc3ccccc3C3(C(N)=O)CC3)n2)cn1. The number of hydrogen-bond donors (Lipinski definition) is 2. The zero-order valence-electron chi connectivity index (χ0n) is 18.8. The Morgan fingerprint density at radius 1 is 1.09 bits per heavy atom. The van der Waals surface area contributed by atoms with Crippen LogP contribution in [0.25, 0.3) is 0 Å². The number of benzene rings is 1. The third-order valence-electron chi connectivity index (χ3n) is 6.29. The molecule has 9 heteroatoms. The van der Waals surface area contributed by atoms with Crippen molar-refractivity contribution >= 4 is 5.91 Å². The van der Waals surface area contributed by atoms with E-state index < -0.39 is 23.1 Å². The van der Waals surface area contributed by atoms with Crippen LogP contribution in [0.2, 0.25) is 0 Å². The second-order valence-corrected chi connectivity index (χ2v) is 8.80. The molecule has 1 aliphatic carbocycles. The monoisotopic (exact) mass is 469 g/mol. The minimum absolute atomic E-state index is 0.0537. The Bertz CT molecular complexity index is 1190. The van der Waals surface area contributed by atoms with Crippen LogP contribution in [0.4, 0.5) is 13.2 Å². The van der Waals surface area contributed by atoms with Crippen LogP contribution < -0.4 is 11.5 Å². The van der Waals surface area contributed by atoms with Gasteiger partial charge in [-0.3, -0.25) is 9.78 Å². The lowest BCUT2D eigenvalue weighted by molar-refractivity contribution is -0.138. The summed E-state index contributed by atoms with van der Waals surface area (Å²) in [5, 5.41) is 0. The molecule has 4 rings (SSSR count). The number of pyridine rings is 1. The maximum absolute atomic E-state index is 13.7. The molecule has 2 aromatic heterocycles. The van der Waals surface area contributed by atoms with Gasteiger partial charge in [0, 0.05) is 24.9 Å².